The van der Waals surface area contributed by atoms with E-state index >= 15 is 0 Å². The van der Waals surface area contributed by atoms with Crippen LogP contribution in [0, 0.1) is 0 Å². The Hall–Kier alpha value is -2.56. The van der Waals surface area contributed by atoms with Crippen molar-refractivity contribution in [3.63, 3.8) is 0 Å². The number of furan rings is 1. The van der Waals surface area contributed by atoms with Crippen LogP contribution < -0.4 is 4.74 Å². The maximum absolute atomic E-state index is 12.0. The summed E-state index contributed by atoms with van der Waals surface area (Å²) in [6.45, 7) is 0.199. The topological polar surface area (TPSA) is 52.3 Å². The molecule has 0 aliphatic heterocycles. The van der Waals surface area contributed by atoms with Crippen LogP contribution in [0.5, 0.6) is 5.75 Å². The van der Waals surface area contributed by atoms with Crippen molar-refractivity contribution in [2.75, 3.05) is 0 Å². The van der Waals surface area contributed by atoms with E-state index in [9.17, 15) is 4.79 Å². The minimum absolute atomic E-state index is 0.145. The highest BCUT2D eigenvalue weighted by Crippen LogP contribution is 2.28. The van der Waals surface area contributed by atoms with Crippen LogP contribution in [0.2, 0.25) is 10.0 Å². The van der Waals surface area contributed by atoms with E-state index in [0.717, 1.165) is 0 Å². The van der Waals surface area contributed by atoms with Gasteiger partial charge in [-0.3, -0.25) is 9.78 Å². The molecule has 2 aromatic heterocycles. The van der Waals surface area contributed by atoms with Crippen molar-refractivity contribution in [3.05, 3.63) is 88.1 Å². The van der Waals surface area contributed by atoms with Crippen LogP contribution in [-0.2, 0) is 6.61 Å². The van der Waals surface area contributed by atoms with Gasteiger partial charge in [-0.25, -0.2) is 0 Å². The number of hydrogen-bond donors (Lipinski definition) is 0. The Morgan fingerprint density at radius 3 is 2.88 bits per heavy atom. The van der Waals surface area contributed by atoms with E-state index in [4.69, 9.17) is 32.4 Å². The molecule has 0 aliphatic rings. The number of nitrogens with zero attached hydrogens (tertiary/aromatic N) is 1. The molecule has 0 unspecified atom stereocenters. The lowest BCUT2D eigenvalue weighted by Gasteiger charge is -2.06. The Kier molecular flexibility index (Phi) is 5.53. The molecule has 3 aromatic rings. The van der Waals surface area contributed by atoms with Crippen molar-refractivity contribution >= 4 is 35.1 Å². The highest BCUT2D eigenvalue weighted by molar-refractivity contribution is 6.34. The fourth-order valence-electron chi connectivity index (χ4n) is 2.06. The van der Waals surface area contributed by atoms with Gasteiger partial charge in [-0.1, -0.05) is 23.2 Å². The molecule has 0 bridgehead atoms. The molecule has 2 heterocycles. The van der Waals surface area contributed by atoms with Gasteiger partial charge in [0.05, 0.1) is 5.02 Å². The minimum atomic E-state index is -0.145. The summed E-state index contributed by atoms with van der Waals surface area (Å²) in [4.78, 5) is 15.9. The molecule has 6 heteroatoms. The Morgan fingerprint density at radius 2 is 2.08 bits per heavy atom. The van der Waals surface area contributed by atoms with Crippen molar-refractivity contribution in [3.8, 4) is 5.75 Å². The Bertz CT molecular complexity index is 904. The predicted molar refractivity (Wildman–Crippen MR) is 97.1 cm³/mol. The number of allylic oxidation sites excluding steroid dienone is 1. The van der Waals surface area contributed by atoms with Gasteiger partial charge >= 0.3 is 0 Å². The van der Waals surface area contributed by atoms with E-state index in [1.807, 2.05) is 0 Å². The number of rotatable bonds is 6. The summed E-state index contributed by atoms with van der Waals surface area (Å²) in [5.41, 5.74) is 0.518. The average Bonchev–Trinajstić information content (AvgIpc) is 3.09. The van der Waals surface area contributed by atoms with Crippen LogP contribution in [-0.4, -0.2) is 10.8 Å². The molecule has 3 rings (SSSR count). The molecule has 0 radical (unpaired) electrons. The zero-order chi connectivity index (χ0) is 17.6. The summed E-state index contributed by atoms with van der Waals surface area (Å²) in [6.07, 6.45) is 6.17. The summed E-state index contributed by atoms with van der Waals surface area (Å²) >= 11 is 12.0. The van der Waals surface area contributed by atoms with Crippen LogP contribution >= 0.6 is 23.2 Å². The lowest BCUT2D eigenvalue weighted by molar-refractivity contribution is 0.104. The largest absolute Gasteiger partial charge is 0.484 e. The van der Waals surface area contributed by atoms with E-state index < -0.39 is 0 Å². The van der Waals surface area contributed by atoms with Crippen molar-refractivity contribution < 1.29 is 13.9 Å². The van der Waals surface area contributed by atoms with Gasteiger partial charge in [-0.05, 0) is 48.6 Å². The number of hydrogen-bond acceptors (Lipinski definition) is 4. The molecule has 0 spiro atoms. The number of ether oxygens (including phenoxy) is 1. The second-order valence-electron chi connectivity index (χ2n) is 5.11. The lowest BCUT2D eigenvalue weighted by atomic mass is 10.2. The number of ketones is 1. The van der Waals surface area contributed by atoms with Gasteiger partial charge in [0.2, 0.25) is 0 Å². The highest BCUT2D eigenvalue weighted by Gasteiger charge is 2.06. The first kappa shape index (κ1) is 17.3. The van der Waals surface area contributed by atoms with Gasteiger partial charge in [-0.15, -0.1) is 0 Å². The van der Waals surface area contributed by atoms with Crippen LogP contribution in [0.25, 0.3) is 6.08 Å². The maximum Gasteiger partial charge on any atom is 0.187 e. The third kappa shape index (κ3) is 4.72. The van der Waals surface area contributed by atoms with Crippen LogP contribution in [0.3, 0.4) is 0 Å². The fourth-order valence-corrected chi connectivity index (χ4v) is 2.40. The van der Waals surface area contributed by atoms with Crippen LogP contribution in [0.15, 0.2) is 65.4 Å². The van der Waals surface area contributed by atoms with Crippen molar-refractivity contribution in [2.45, 2.75) is 6.61 Å². The third-order valence-electron chi connectivity index (χ3n) is 3.29. The summed E-state index contributed by atoms with van der Waals surface area (Å²) in [5.74, 6) is 1.49. The van der Waals surface area contributed by atoms with Gasteiger partial charge < -0.3 is 9.15 Å². The Morgan fingerprint density at radius 1 is 1.20 bits per heavy atom. The molecule has 1 aromatic carbocycles. The molecule has 25 heavy (non-hydrogen) atoms. The third-order valence-corrected chi connectivity index (χ3v) is 3.84. The fraction of sp³-hybridized carbons (Fsp3) is 0.0526. The zero-order valence-corrected chi connectivity index (χ0v) is 14.5. The molecular weight excluding hydrogens is 361 g/mol. The standard InChI is InChI=1S/C19H13Cl2NO3/c20-14-3-7-17(21)19(10-14)24-12-16-5-4-15(25-16)6-8-18(23)13-2-1-9-22-11-13/h1-11H,12H2/b8-6+. The summed E-state index contributed by atoms with van der Waals surface area (Å²) < 4.78 is 11.2. The van der Waals surface area contributed by atoms with Crippen molar-refractivity contribution in [2.24, 2.45) is 0 Å². The smallest absolute Gasteiger partial charge is 0.187 e. The first-order valence-corrected chi connectivity index (χ1v) is 8.16. The molecular formula is C19H13Cl2NO3. The zero-order valence-electron chi connectivity index (χ0n) is 13.0. The second kappa shape index (κ2) is 8.01. The number of carbonyl (C=O) groups is 1. The molecule has 0 fully saturated rings. The van der Waals surface area contributed by atoms with Crippen LogP contribution in [0.1, 0.15) is 21.9 Å². The molecule has 0 aliphatic carbocycles. The first-order valence-electron chi connectivity index (χ1n) is 7.41. The molecule has 126 valence electrons. The van der Waals surface area contributed by atoms with Crippen molar-refractivity contribution in [1.82, 2.24) is 4.98 Å². The maximum atomic E-state index is 12.0. The van der Waals surface area contributed by atoms with E-state index in [2.05, 4.69) is 4.98 Å². The minimum Gasteiger partial charge on any atom is -0.484 e. The normalized spacial score (nSPS) is 11.0. The average molecular weight is 374 g/mol. The quantitative estimate of drug-likeness (QED) is 0.425. The first-order chi connectivity index (χ1) is 12.1. The second-order valence-corrected chi connectivity index (χ2v) is 5.95. The van der Waals surface area contributed by atoms with Crippen molar-refractivity contribution in [1.29, 1.82) is 0 Å². The molecule has 4 nitrogen and oxygen atoms in total. The van der Waals surface area contributed by atoms with Gasteiger partial charge in [-0.2, -0.15) is 0 Å². The number of pyridine rings is 1. The number of benzene rings is 1. The Balaban J connectivity index is 1.61. The van der Waals surface area contributed by atoms with E-state index in [-0.39, 0.29) is 12.4 Å². The van der Waals surface area contributed by atoms with Gasteiger partial charge in [0.25, 0.3) is 0 Å². The highest BCUT2D eigenvalue weighted by atomic mass is 35.5. The molecule has 0 amide bonds. The van der Waals surface area contributed by atoms with Crippen LogP contribution in [0.4, 0.5) is 0 Å². The number of aromatic nitrogens is 1. The van der Waals surface area contributed by atoms with Gasteiger partial charge in [0, 0.05) is 29.0 Å². The van der Waals surface area contributed by atoms with E-state index in [0.29, 0.717) is 32.9 Å². The lowest BCUT2D eigenvalue weighted by Crippen LogP contribution is -1.94. The molecule has 0 atom stereocenters. The SMILES string of the molecule is O=C(/C=C/c1ccc(COc2cc(Cl)ccc2Cl)o1)c1cccnc1. The molecule has 0 saturated carbocycles. The summed E-state index contributed by atoms with van der Waals surface area (Å²) in [7, 11) is 0. The number of carbonyl (C=O) groups excluding carboxylic acids is 1. The number of halogens is 2. The summed E-state index contributed by atoms with van der Waals surface area (Å²) in [5, 5.41) is 1.01. The summed E-state index contributed by atoms with van der Waals surface area (Å²) in [6, 6.07) is 11.9. The molecule has 0 saturated heterocycles. The van der Waals surface area contributed by atoms with Gasteiger partial charge in [0.15, 0.2) is 5.78 Å². The molecule has 0 N–H and O–H groups in total. The predicted octanol–water partition coefficient (Wildman–Crippen LogP) is 5.46. The van der Waals surface area contributed by atoms with Gasteiger partial charge in [0.1, 0.15) is 23.9 Å². The Labute approximate surface area is 154 Å². The van der Waals surface area contributed by atoms with E-state index in [1.165, 1.54) is 12.3 Å². The monoisotopic (exact) mass is 373 g/mol. The van der Waals surface area contributed by atoms with E-state index in [1.54, 1.807) is 54.7 Å².